The Hall–Kier alpha value is -10.7. The number of nitrogens with zero attached hydrogens (tertiary/aromatic N) is 15. The van der Waals surface area contributed by atoms with E-state index in [1.54, 1.807) is 19.9 Å². The molecule has 3 unspecified atom stereocenters. The van der Waals surface area contributed by atoms with Crippen molar-refractivity contribution in [2.45, 2.75) is 266 Å². The highest BCUT2D eigenvalue weighted by atomic mass is 32.2. The predicted octanol–water partition coefficient (Wildman–Crippen LogP) is 12.2. The van der Waals surface area contributed by atoms with Crippen LogP contribution in [0.3, 0.4) is 0 Å². The molecule has 8 aromatic heterocycles. The molecule has 13 N–H and O–H groups in total. The highest BCUT2D eigenvalue weighted by Gasteiger charge is 2.32. The van der Waals surface area contributed by atoms with Crippen LogP contribution in [0.15, 0.2) is 81.4 Å². The Balaban J connectivity index is 0.000000684. The summed E-state index contributed by atoms with van der Waals surface area (Å²) in [6.45, 7) is 55.6. The second kappa shape index (κ2) is 59.3. The summed E-state index contributed by atoms with van der Waals surface area (Å²) in [5.74, 6) is 10.0. The first-order valence-electron chi connectivity index (χ1n) is 40.0. The highest BCUT2D eigenvalue weighted by Crippen LogP contribution is 2.21. The lowest BCUT2D eigenvalue weighted by Gasteiger charge is -2.16. The third-order valence-electron chi connectivity index (χ3n) is 15.2. The molecule has 0 saturated carbocycles. The second-order valence-electron chi connectivity index (χ2n) is 31.2. The molecule has 0 bridgehead atoms. The van der Waals surface area contributed by atoms with Crippen LogP contribution in [0.5, 0.6) is 0 Å². The van der Waals surface area contributed by atoms with Crippen molar-refractivity contribution < 1.29 is 69.7 Å². The standard InChI is InChI=1S/C7H10O3.C6H10N2O.C6H9NO3.2C6H9NO2.2C5H9N3O.C5H8N2O2.C5H10N2OS.C5H8N2OS.2C5H8N2S2.C4H8N4.C4H8N2O2S/c1-4(2)7-5(8)3-6(9)10-7;1-4(2)5-3-6(9)8-7-5;1-4(2)7-5(8)3-6(9)10-7;1-4(2)6-7-3-5(8)9-6;1-4(2)5-3-6(8)7-9-5;1-4(2)8-5(9)3-6-7-8;1-3(2)4-6-5(9)8-7-4;1-3(2)4-6-5(8)9-7-4;1-4(2)5-6-3-9(8)7-5;1-3(2)4-6-5(9)8-7-4;2*1-3(2)4-6-5(8)9-7-4;1-3(2)4-5-7-8-6-4;1-3(2)4-5-8-9(7)6-4/h3-4,7-8H,1-2H3;3-4H,1-2H3,(H2,7,8,9);4H,3H2,1-2H3;4H,3H2,1-2H3;3-4H,1-2H3,(H,7,8);4H,3H2,1-2H3;3H,1-2H3,(H2,6,7,8,9);3H,1-2H3,(H,6,7,8);4H,3H2,1-2H3,(H,6,7);3H,1-2H3,(H,6,7,9);2*3H,1-2H3,(H,6,7,8);3H,1-2H3,(H,5,6,7,8);3H,1-2H3,(H,5,6). The zero-order chi connectivity index (χ0) is 96.8. The SMILES string of the molecule is CC(C)C1=NCC(=O)O1.CC(C)C1=NCS(=O)N1.CC(C)C1=NS(=O)ON1.CC(C)C1OC(=O)C=C1O.CC(C)N1N=NCC1=O.CC(C)N1OC(=O)CC1=O.CC(C)c1cc(=O)[nH][nH]1.CC(C)c1cc(=O)[nH]o1.CC(C)c1n[nH]c(=O)[nH]1.CC(C)c1nc(=S)o[nH]1.CC(C)c1nc(=S)s[nH]1.CC(C)c1nc(=S)s[nH]1.CC(C)c1nn[nH]n1.CC(C)c1noc(=O)[nH]1. The van der Waals surface area contributed by atoms with E-state index in [9.17, 15) is 51.6 Å². The number of aliphatic hydroxyl groups excluding tert-OH is 1. The van der Waals surface area contributed by atoms with Gasteiger partial charge in [-0.3, -0.25) is 57.2 Å². The van der Waals surface area contributed by atoms with Crippen LogP contribution in [-0.2, 0) is 64.8 Å². The molecule has 53 heteroatoms. The lowest BCUT2D eigenvalue weighted by molar-refractivity contribution is -0.184. The molecule has 6 aliphatic rings. The summed E-state index contributed by atoms with van der Waals surface area (Å²) in [5, 5.41) is 51.6. The van der Waals surface area contributed by atoms with Gasteiger partial charge in [0.05, 0.1) is 18.2 Å². The van der Waals surface area contributed by atoms with E-state index in [1.165, 1.54) is 34.1 Å². The molecule has 14 rings (SSSR count). The molecule has 6 aliphatic heterocycles. The summed E-state index contributed by atoms with van der Waals surface area (Å²) in [6, 6.07) is 3.12. The molecule has 1 saturated heterocycles. The van der Waals surface area contributed by atoms with Gasteiger partial charge in [0.1, 0.15) is 82.9 Å². The van der Waals surface area contributed by atoms with E-state index in [2.05, 4.69) is 179 Å². The van der Waals surface area contributed by atoms with Gasteiger partial charge in [0.15, 0.2) is 31.6 Å². The first-order chi connectivity index (χ1) is 59.2. The normalized spacial score (nSPS) is 15.6. The molecule has 127 heavy (non-hydrogen) atoms. The predicted molar refractivity (Wildman–Crippen MR) is 486 cm³/mol. The van der Waals surface area contributed by atoms with Crippen molar-refractivity contribution in [3.8, 4) is 0 Å². The first-order valence-corrected chi connectivity index (χ1v) is 45.2. The smallest absolute Gasteiger partial charge is 0.438 e. The Bertz CT molecular complexity index is 4670. The molecule has 46 nitrogen and oxygen atoms in total. The minimum atomic E-state index is -1.50. The summed E-state index contributed by atoms with van der Waals surface area (Å²) >= 11 is 15.6. The summed E-state index contributed by atoms with van der Waals surface area (Å²) < 4.78 is 62.6. The molecule has 1 fully saturated rings. The Labute approximate surface area is 762 Å². The van der Waals surface area contributed by atoms with Crippen LogP contribution >= 0.6 is 59.7 Å². The van der Waals surface area contributed by atoms with Crippen LogP contribution < -0.4 is 32.8 Å². The van der Waals surface area contributed by atoms with E-state index >= 15 is 0 Å². The number of rotatable bonds is 14. The molecule has 2 amide bonds. The zero-order valence-electron chi connectivity index (χ0n) is 76.6. The average molecular weight is 1920 g/mol. The Kier molecular flexibility index (Phi) is 53.4. The van der Waals surface area contributed by atoms with Crippen LogP contribution in [0.25, 0.3) is 0 Å². The van der Waals surface area contributed by atoms with Gasteiger partial charge in [0, 0.05) is 77.0 Å². The summed E-state index contributed by atoms with van der Waals surface area (Å²) in [4.78, 5) is 124. The van der Waals surface area contributed by atoms with E-state index in [0.29, 0.717) is 78.4 Å². The number of aromatic amines is 10. The Morgan fingerprint density at radius 1 is 0.567 bits per heavy atom. The number of ether oxygens (including phenoxy) is 2. The fraction of sp³-hybridized carbons (Fsp3) is 0.635. The quantitative estimate of drug-likeness (QED) is 0.0273. The number of cyclic esters (lactones) is 2. The number of hydrogen-bond donors (Lipinski definition) is 13. The molecule has 0 spiro atoms. The third-order valence-corrected chi connectivity index (χ3v) is 18.5. The van der Waals surface area contributed by atoms with Crippen molar-refractivity contribution >= 4 is 129 Å². The van der Waals surface area contributed by atoms with Gasteiger partial charge in [-0.25, -0.2) is 68.1 Å². The molecule has 710 valence electrons. The maximum Gasteiger partial charge on any atom is 0.438 e. The second-order valence-corrected chi connectivity index (χ2v) is 36.4. The number of amides is 2. The number of amidine groups is 2. The third kappa shape index (κ3) is 47.6. The van der Waals surface area contributed by atoms with Crippen LogP contribution in [0, 0.1) is 36.4 Å². The Morgan fingerprint density at radius 3 is 1.35 bits per heavy atom. The van der Waals surface area contributed by atoms with Crippen LogP contribution in [0.4, 0.5) is 0 Å². The van der Waals surface area contributed by atoms with Crippen molar-refractivity contribution in [1.29, 1.82) is 0 Å². The number of H-pyrrole nitrogens is 10. The minimum Gasteiger partial charge on any atom is -0.508 e. The topological polar surface area (TPSA) is 638 Å². The molecular formula is C74H123N27O19S7. The maximum absolute atomic E-state index is 10.8. The van der Waals surface area contributed by atoms with Gasteiger partial charge in [0.25, 0.3) is 22.9 Å². The van der Waals surface area contributed by atoms with Crippen molar-refractivity contribution in [2.75, 3.05) is 19.0 Å². The van der Waals surface area contributed by atoms with Gasteiger partial charge in [0.2, 0.25) is 0 Å². The molecule has 14 heterocycles. The molecule has 3 atom stereocenters. The number of carbonyl (C=O) groups is 5. The van der Waals surface area contributed by atoms with Gasteiger partial charge in [-0.1, -0.05) is 182 Å². The summed E-state index contributed by atoms with van der Waals surface area (Å²) in [6.07, 6.45) is 0.579. The van der Waals surface area contributed by atoms with Crippen molar-refractivity contribution in [3.05, 3.63) is 125 Å². The van der Waals surface area contributed by atoms with Crippen molar-refractivity contribution in [2.24, 2.45) is 48.4 Å². The maximum atomic E-state index is 10.8. The van der Waals surface area contributed by atoms with E-state index in [0.717, 1.165) is 46.0 Å². The lowest BCUT2D eigenvalue weighted by atomic mass is 10.1. The number of tetrazole rings is 1. The molecule has 8 aromatic rings. The van der Waals surface area contributed by atoms with Crippen LogP contribution in [0.1, 0.15) is 294 Å². The largest absolute Gasteiger partial charge is 0.508 e. The number of aliphatic imine (C=N–C) groups is 2. The first kappa shape index (κ1) is 114. The van der Waals surface area contributed by atoms with Gasteiger partial charge in [-0.2, -0.15) is 34.9 Å². The van der Waals surface area contributed by atoms with E-state index in [4.69, 9.17) is 48.1 Å². The highest BCUT2D eigenvalue weighted by molar-refractivity contribution is 7.84. The zero-order valence-corrected chi connectivity index (χ0v) is 82.3. The van der Waals surface area contributed by atoms with Gasteiger partial charge >= 0.3 is 45.5 Å². The van der Waals surface area contributed by atoms with Crippen molar-refractivity contribution in [1.82, 2.24) is 110 Å². The van der Waals surface area contributed by atoms with Gasteiger partial charge < -0.3 is 33.6 Å². The fourth-order valence-corrected chi connectivity index (χ4v) is 11.5. The van der Waals surface area contributed by atoms with Crippen molar-refractivity contribution in [3.63, 3.8) is 0 Å². The minimum absolute atomic E-state index is 0.00926. The van der Waals surface area contributed by atoms with E-state index in [1.807, 2.05) is 152 Å². The number of hydrogen-bond acceptors (Lipinski definition) is 37. The Morgan fingerprint density at radius 2 is 1.15 bits per heavy atom. The van der Waals surface area contributed by atoms with Crippen LogP contribution in [0.2, 0.25) is 0 Å². The monoisotopic (exact) mass is 1920 g/mol. The average Bonchev–Trinajstić information content (AvgIpc) is 1.73. The molecule has 0 aliphatic carbocycles. The molecule has 0 radical (unpaired) electrons. The number of carbonyl (C=O) groups excluding carboxylic acids is 5. The van der Waals surface area contributed by atoms with Gasteiger partial charge in [-0.05, 0) is 99.2 Å². The summed E-state index contributed by atoms with van der Waals surface area (Å²) in [7, 11) is -0.927. The molecule has 0 aromatic carbocycles. The molecular weight excluding hydrogens is 1800 g/mol. The number of aliphatic hydroxyl groups is 1. The fourth-order valence-electron chi connectivity index (χ4n) is 8.18. The van der Waals surface area contributed by atoms with Gasteiger partial charge in [-0.15, -0.1) is 14.6 Å². The number of aromatic nitrogens is 18. The summed E-state index contributed by atoms with van der Waals surface area (Å²) in [5.41, 5.74) is 2.95. The number of nitrogens with one attached hydrogen (secondary N) is 12. The van der Waals surface area contributed by atoms with E-state index < -0.39 is 46.1 Å². The number of hydroxylamine groups is 3. The van der Waals surface area contributed by atoms with E-state index in [-0.39, 0.29) is 112 Å². The number of esters is 2. The lowest BCUT2D eigenvalue weighted by Crippen LogP contribution is -2.30. The van der Waals surface area contributed by atoms with Crippen LogP contribution in [-0.4, -0.2) is 198 Å².